The molecule has 5 rings (SSSR count). The third-order valence-electron chi connectivity index (χ3n) is 5.32. The lowest BCUT2D eigenvalue weighted by atomic mass is 9.95. The topological polar surface area (TPSA) is 63.5 Å². The molecule has 8 heteroatoms. The molecule has 1 aliphatic heterocycles. The number of aromatic nitrogens is 1. The van der Waals surface area contributed by atoms with Gasteiger partial charge in [0.05, 0.1) is 21.8 Å². The zero-order valence-electron chi connectivity index (χ0n) is 17.5. The van der Waals surface area contributed by atoms with Crippen molar-refractivity contribution in [3.05, 3.63) is 119 Å². The summed E-state index contributed by atoms with van der Waals surface area (Å²) in [4.78, 5) is 32.0. The predicted molar refractivity (Wildman–Crippen MR) is 130 cm³/mol. The lowest BCUT2D eigenvalue weighted by molar-refractivity contribution is -0.113. The minimum atomic E-state index is -0.727. The monoisotopic (exact) mass is 475 g/mol. The summed E-state index contributed by atoms with van der Waals surface area (Å²) in [5, 5.41) is 6.80. The Morgan fingerprint density at radius 3 is 2.58 bits per heavy atom. The van der Waals surface area contributed by atoms with E-state index in [0.29, 0.717) is 31.9 Å². The normalized spacial score (nSPS) is 15.8. The molecule has 0 aliphatic carbocycles. The number of hydrogen-bond donors (Lipinski definition) is 1. The molecule has 3 heterocycles. The van der Waals surface area contributed by atoms with Gasteiger partial charge in [-0.1, -0.05) is 41.7 Å². The van der Waals surface area contributed by atoms with E-state index >= 15 is 0 Å². The first-order chi connectivity index (χ1) is 16.0. The molecule has 2 aromatic carbocycles. The van der Waals surface area contributed by atoms with Gasteiger partial charge in [-0.15, -0.1) is 0 Å². The SMILES string of the molecule is CC1=C(C(=O)Nc2ccccc2)[C@H](c2ccc(F)cc2)n2c(s/c(=C/c3ccsc3)c2=O)=N1. The number of thiophene rings is 1. The summed E-state index contributed by atoms with van der Waals surface area (Å²) in [5.41, 5.74) is 2.82. The molecule has 1 amide bonds. The molecule has 4 aromatic rings. The van der Waals surface area contributed by atoms with Gasteiger partial charge in [0.1, 0.15) is 5.82 Å². The Morgan fingerprint density at radius 1 is 1.12 bits per heavy atom. The maximum atomic E-state index is 13.7. The van der Waals surface area contributed by atoms with Crippen LogP contribution in [0.5, 0.6) is 0 Å². The van der Waals surface area contributed by atoms with E-state index in [4.69, 9.17) is 0 Å². The van der Waals surface area contributed by atoms with E-state index < -0.39 is 6.04 Å². The minimum Gasteiger partial charge on any atom is -0.322 e. The van der Waals surface area contributed by atoms with Gasteiger partial charge in [-0.2, -0.15) is 11.3 Å². The number of allylic oxidation sites excluding steroid dienone is 1. The van der Waals surface area contributed by atoms with Crippen LogP contribution >= 0.6 is 22.7 Å². The number of nitrogens with zero attached hydrogens (tertiary/aromatic N) is 2. The van der Waals surface area contributed by atoms with Crippen LogP contribution in [-0.2, 0) is 4.79 Å². The van der Waals surface area contributed by atoms with Crippen LogP contribution in [0.15, 0.2) is 92.5 Å². The molecule has 0 saturated heterocycles. The molecule has 1 atom stereocenters. The first-order valence-electron chi connectivity index (χ1n) is 10.2. The van der Waals surface area contributed by atoms with Gasteiger partial charge in [-0.25, -0.2) is 9.38 Å². The Balaban J connectivity index is 1.68. The third-order valence-corrected chi connectivity index (χ3v) is 7.01. The Hall–Kier alpha value is -3.62. The highest BCUT2D eigenvalue weighted by Crippen LogP contribution is 2.30. The fourth-order valence-electron chi connectivity index (χ4n) is 3.80. The van der Waals surface area contributed by atoms with Crippen LogP contribution in [0.2, 0.25) is 0 Å². The molecule has 0 spiro atoms. The van der Waals surface area contributed by atoms with Crippen LogP contribution in [0, 0.1) is 5.82 Å². The minimum absolute atomic E-state index is 0.239. The number of thiazole rings is 1. The van der Waals surface area contributed by atoms with Crippen LogP contribution in [0.4, 0.5) is 10.1 Å². The molecule has 164 valence electrons. The smallest absolute Gasteiger partial charge is 0.271 e. The van der Waals surface area contributed by atoms with Gasteiger partial charge in [0.2, 0.25) is 0 Å². The summed E-state index contributed by atoms with van der Waals surface area (Å²) >= 11 is 2.82. The predicted octanol–water partition coefficient (Wildman–Crippen LogP) is 4.07. The second kappa shape index (κ2) is 8.73. The second-order valence-corrected chi connectivity index (χ2v) is 9.30. The van der Waals surface area contributed by atoms with Crippen molar-refractivity contribution < 1.29 is 9.18 Å². The van der Waals surface area contributed by atoms with Crippen molar-refractivity contribution in [3.8, 4) is 0 Å². The largest absolute Gasteiger partial charge is 0.322 e. The molecule has 1 N–H and O–H groups in total. The number of amides is 1. The van der Waals surface area contributed by atoms with Crippen molar-refractivity contribution in [2.24, 2.45) is 4.99 Å². The van der Waals surface area contributed by atoms with E-state index in [1.165, 1.54) is 28.0 Å². The highest BCUT2D eigenvalue weighted by molar-refractivity contribution is 7.08. The van der Waals surface area contributed by atoms with Gasteiger partial charge in [0.15, 0.2) is 4.80 Å². The quantitative estimate of drug-likeness (QED) is 0.484. The maximum absolute atomic E-state index is 13.7. The first kappa shape index (κ1) is 21.2. The lowest BCUT2D eigenvalue weighted by Gasteiger charge is -2.25. The molecule has 0 radical (unpaired) electrons. The number of carbonyl (C=O) groups is 1. The molecular formula is C25H18FN3O2S2. The Morgan fingerprint density at radius 2 is 1.88 bits per heavy atom. The van der Waals surface area contributed by atoms with Gasteiger partial charge in [0.25, 0.3) is 11.5 Å². The van der Waals surface area contributed by atoms with E-state index in [9.17, 15) is 14.0 Å². The van der Waals surface area contributed by atoms with Crippen LogP contribution in [0.25, 0.3) is 6.08 Å². The lowest BCUT2D eigenvalue weighted by Crippen LogP contribution is -2.40. The average Bonchev–Trinajstić information content (AvgIpc) is 3.42. The fourth-order valence-corrected chi connectivity index (χ4v) is 5.47. The zero-order chi connectivity index (χ0) is 22.9. The van der Waals surface area contributed by atoms with Crippen molar-refractivity contribution in [2.75, 3.05) is 5.32 Å². The van der Waals surface area contributed by atoms with Gasteiger partial charge < -0.3 is 5.32 Å². The first-order valence-corrected chi connectivity index (χ1v) is 11.9. The van der Waals surface area contributed by atoms with Crippen molar-refractivity contribution in [1.29, 1.82) is 0 Å². The van der Waals surface area contributed by atoms with Crippen LogP contribution in [0.1, 0.15) is 24.1 Å². The summed E-state index contributed by atoms with van der Waals surface area (Å²) in [7, 11) is 0. The number of hydrogen-bond acceptors (Lipinski definition) is 5. The molecule has 0 fully saturated rings. The molecule has 0 saturated carbocycles. The zero-order valence-corrected chi connectivity index (χ0v) is 19.1. The van der Waals surface area contributed by atoms with E-state index in [1.807, 2.05) is 41.1 Å². The summed E-state index contributed by atoms with van der Waals surface area (Å²) in [6.45, 7) is 1.76. The molecule has 2 aromatic heterocycles. The third kappa shape index (κ3) is 4.10. The van der Waals surface area contributed by atoms with E-state index in [1.54, 1.807) is 42.5 Å². The maximum Gasteiger partial charge on any atom is 0.271 e. The number of para-hydroxylation sites is 1. The Bertz CT molecular complexity index is 1530. The standard InChI is InChI=1S/C25H18FN3O2S2/c1-15-21(23(30)28-19-5-3-2-4-6-19)22(17-7-9-18(26)10-8-17)29-24(31)20(33-25(29)27-15)13-16-11-12-32-14-16/h2-14,22H,1H3,(H,28,30)/b20-13+/t22-/m0/s1. The van der Waals surface area contributed by atoms with Crippen LogP contribution in [-0.4, -0.2) is 10.5 Å². The summed E-state index contributed by atoms with van der Waals surface area (Å²) < 4.78 is 15.7. The average molecular weight is 476 g/mol. The summed E-state index contributed by atoms with van der Waals surface area (Å²) in [6, 6.07) is 16.2. The second-order valence-electron chi connectivity index (χ2n) is 7.51. The van der Waals surface area contributed by atoms with Crippen LogP contribution in [0.3, 0.4) is 0 Å². The van der Waals surface area contributed by atoms with Crippen molar-refractivity contribution in [2.45, 2.75) is 13.0 Å². The van der Waals surface area contributed by atoms with Crippen molar-refractivity contribution in [3.63, 3.8) is 0 Å². The molecule has 0 unspecified atom stereocenters. The van der Waals surface area contributed by atoms with E-state index in [0.717, 1.165) is 5.56 Å². The van der Waals surface area contributed by atoms with Gasteiger partial charge in [-0.05, 0) is 65.2 Å². The fraction of sp³-hybridized carbons (Fsp3) is 0.0800. The van der Waals surface area contributed by atoms with Crippen molar-refractivity contribution >= 4 is 40.3 Å². The number of carbonyl (C=O) groups excluding carboxylic acids is 1. The molecule has 1 aliphatic rings. The van der Waals surface area contributed by atoms with E-state index in [-0.39, 0.29) is 17.3 Å². The van der Waals surface area contributed by atoms with Gasteiger partial charge >= 0.3 is 0 Å². The van der Waals surface area contributed by atoms with Gasteiger partial charge in [-0.3, -0.25) is 14.2 Å². The number of nitrogens with one attached hydrogen (secondary N) is 1. The number of halogens is 1. The Labute approximate surface area is 196 Å². The number of benzene rings is 2. The number of fused-ring (bicyclic) bond motifs is 1. The number of rotatable bonds is 4. The van der Waals surface area contributed by atoms with Crippen LogP contribution < -0.4 is 20.2 Å². The Kier molecular flexibility index (Phi) is 5.62. The summed E-state index contributed by atoms with van der Waals surface area (Å²) in [5.74, 6) is -0.747. The molecule has 5 nitrogen and oxygen atoms in total. The molecular weight excluding hydrogens is 457 g/mol. The molecule has 0 bridgehead atoms. The molecule has 33 heavy (non-hydrogen) atoms. The van der Waals surface area contributed by atoms with Crippen molar-refractivity contribution in [1.82, 2.24) is 4.57 Å². The van der Waals surface area contributed by atoms with Gasteiger partial charge in [0, 0.05) is 5.69 Å². The summed E-state index contributed by atoms with van der Waals surface area (Å²) in [6.07, 6.45) is 1.82. The number of anilines is 1. The highest BCUT2D eigenvalue weighted by Gasteiger charge is 2.32. The highest BCUT2D eigenvalue weighted by atomic mass is 32.1. The van der Waals surface area contributed by atoms with E-state index in [2.05, 4.69) is 10.3 Å².